The van der Waals surface area contributed by atoms with E-state index in [1.165, 1.54) is 0 Å². The van der Waals surface area contributed by atoms with Crippen molar-refractivity contribution in [3.63, 3.8) is 0 Å². The summed E-state index contributed by atoms with van der Waals surface area (Å²) in [4.78, 5) is 15.4. The third-order valence-electron chi connectivity index (χ3n) is 2.79. The van der Waals surface area contributed by atoms with E-state index in [2.05, 4.69) is 25.8 Å². The number of aromatic nitrogens is 2. The van der Waals surface area contributed by atoms with Gasteiger partial charge in [-0.05, 0) is 26.8 Å². The van der Waals surface area contributed by atoms with Gasteiger partial charge in [0, 0.05) is 11.1 Å². The van der Waals surface area contributed by atoms with Gasteiger partial charge in [-0.3, -0.25) is 0 Å². The van der Waals surface area contributed by atoms with Gasteiger partial charge < -0.3 is 9.67 Å². The van der Waals surface area contributed by atoms with E-state index in [4.69, 9.17) is 0 Å². The molecule has 0 radical (unpaired) electrons. The minimum atomic E-state index is -0.924. The normalized spacial score (nSPS) is 11.5. The molecular formula is C14H16N2O2. The average molecular weight is 244 g/mol. The number of carboxylic acid groups (broad SMARTS) is 1. The number of rotatable bonds is 2. The quantitative estimate of drug-likeness (QED) is 0.883. The molecule has 18 heavy (non-hydrogen) atoms. The third kappa shape index (κ3) is 2.14. The van der Waals surface area contributed by atoms with E-state index in [0.717, 1.165) is 5.69 Å². The molecule has 1 heterocycles. The predicted molar refractivity (Wildman–Crippen MR) is 69.6 cm³/mol. The van der Waals surface area contributed by atoms with Crippen molar-refractivity contribution in [3.8, 4) is 11.3 Å². The lowest BCUT2D eigenvalue weighted by atomic mass is 10.0. The van der Waals surface area contributed by atoms with Crippen molar-refractivity contribution in [1.82, 2.24) is 9.55 Å². The second-order valence-electron chi connectivity index (χ2n) is 5.17. The first-order chi connectivity index (χ1) is 8.41. The molecular weight excluding hydrogens is 228 g/mol. The molecule has 2 rings (SSSR count). The number of imidazole rings is 1. The predicted octanol–water partition coefficient (Wildman–Crippen LogP) is 3.00. The van der Waals surface area contributed by atoms with E-state index in [9.17, 15) is 9.90 Å². The van der Waals surface area contributed by atoms with Crippen LogP contribution >= 0.6 is 0 Å². The number of hydrogen-bond acceptors (Lipinski definition) is 2. The first kappa shape index (κ1) is 12.4. The van der Waals surface area contributed by atoms with E-state index in [1.54, 1.807) is 24.7 Å². The number of carbonyl (C=O) groups is 1. The van der Waals surface area contributed by atoms with Crippen LogP contribution in [0.1, 0.15) is 31.1 Å². The van der Waals surface area contributed by atoms with Gasteiger partial charge in [0.1, 0.15) is 0 Å². The molecule has 2 aromatic rings. The Morgan fingerprint density at radius 2 is 1.94 bits per heavy atom. The van der Waals surface area contributed by atoms with Crippen LogP contribution in [0.3, 0.4) is 0 Å². The van der Waals surface area contributed by atoms with Crippen LogP contribution in [0.5, 0.6) is 0 Å². The van der Waals surface area contributed by atoms with Crippen LogP contribution in [0.15, 0.2) is 36.8 Å². The minimum absolute atomic E-state index is 0.141. The fraction of sp³-hybridized carbons (Fsp3) is 0.286. The van der Waals surface area contributed by atoms with Crippen molar-refractivity contribution in [2.75, 3.05) is 0 Å². The van der Waals surface area contributed by atoms with Crippen LogP contribution in [-0.2, 0) is 5.54 Å². The number of aromatic carboxylic acids is 1. The largest absolute Gasteiger partial charge is 0.478 e. The van der Waals surface area contributed by atoms with Crippen molar-refractivity contribution >= 4 is 5.97 Å². The smallest absolute Gasteiger partial charge is 0.336 e. The number of benzene rings is 1. The lowest BCUT2D eigenvalue weighted by Crippen LogP contribution is -2.22. The molecule has 0 spiro atoms. The van der Waals surface area contributed by atoms with Gasteiger partial charge >= 0.3 is 5.97 Å². The van der Waals surface area contributed by atoms with Crippen LogP contribution in [0, 0.1) is 0 Å². The van der Waals surface area contributed by atoms with E-state index in [-0.39, 0.29) is 5.54 Å². The van der Waals surface area contributed by atoms with E-state index >= 15 is 0 Å². The van der Waals surface area contributed by atoms with Gasteiger partial charge in [-0.2, -0.15) is 0 Å². The summed E-state index contributed by atoms with van der Waals surface area (Å²) in [7, 11) is 0. The second-order valence-corrected chi connectivity index (χ2v) is 5.17. The highest BCUT2D eigenvalue weighted by molar-refractivity contribution is 5.95. The maximum atomic E-state index is 11.2. The summed E-state index contributed by atoms with van der Waals surface area (Å²) in [6.45, 7) is 6.17. The average Bonchev–Trinajstić information content (AvgIpc) is 2.77. The zero-order valence-electron chi connectivity index (χ0n) is 10.7. The Balaban J connectivity index is 2.64. The van der Waals surface area contributed by atoms with Crippen molar-refractivity contribution < 1.29 is 9.90 Å². The number of carboxylic acids is 1. The van der Waals surface area contributed by atoms with Gasteiger partial charge in [-0.25, -0.2) is 9.78 Å². The van der Waals surface area contributed by atoms with Crippen molar-refractivity contribution in [2.24, 2.45) is 0 Å². The van der Waals surface area contributed by atoms with Crippen LogP contribution < -0.4 is 0 Å². The molecule has 0 bridgehead atoms. The molecule has 4 heteroatoms. The lowest BCUT2D eigenvalue weighted by molar-refractivity contribution is 0.0697. The summed E-state index contributed by atoms with van der Waals surface area (Å²) < 4.78 is 1.98. The van der Waals surface area contributed by atoms with E-state index in [0.29, 0.717) is 11.1 Å². The van der Waals surface area contributed by atoms with E-state index in [1.807, 2.05) is 16.7 Å². The zero-order valence-corrected chi connectivity index (χ0v) is 10.7. The molecule has 1 N–H and O–H groups in total. The molecule has 0 saturated heterocycles. The van der Waals surface area contributed by atoms with Gasteiger partial charge in [-0.15, -0.1) is 0 Å². The molecule has 0 fully saturated rings. The molecule has 0 amide bonds. The highest BCUT2D eigenvalue weighted by Gasteiger charge is 2.20. The van der Waals surface area contributed by atoms with Crippen molar-refractivity contribution in [2.45, 2.75) is 26.3 Å². The summed E-state index contributed by atoms with van der Waals surface area (Å²) in [6.07, 6.45) is 3.43. The van der Waals surface area contributed by atoms with Crippen LogP contribution in [0.2, 0.25) is 0 Å². The molecule has 0 saturated carbocycles. The monoisotopic (exact) mass is 244 g/mol. The number of hydrogen-bond donors (Lipinski definition) is 1. The topological polar surface area (TPSA) is 55.1 Å². The minimum Gasteiger partial charge on any atom is -0.478 e. The molecule has 0 atom stereocenters. The molecule has 0 unspecified atom stereocenters. The van der Waals surface area contributed by atoms with Crippen molar-refractivity contribution in [3.05, 3.63) is 42.4 Å². The number of nitrogens with zero attached hydrogens (tertiary/aromatic N) is 2. The highest BCUT2D eigenvalue weighted by Crippen LogP contribution is 2.28. The summed E-state index contributed by atoms with van der Waals surface area (Å²) in [5, 5.41) is 9.23. The van der Waals surface area contributed by atoms with Crippen LogP contribution in [-0.4, -0.2) is 20.6 Å². The van der Waals surface area contributed by atoms with Gasteiger partial charge in [0.05, 0.1) is 23.8 Å². The molecule has 94 valence electrons. The van der Waals surface area contributed by atoms with Crippen LogP contribution in [0.4, 0.5) is 0 Å². The first-order valence-electron chi connectivity index (χ1n) is 5.77. The zero-order chi connectivity index (χ0) is 13.3. The van der Waals surface area contributed by atoms with Gasteiger partial charge in [0.2, 0.25) is 0 Å². The second kappa shape index (κ2) is 4.29. The Morgan fingerprint density at radius 1 is 1.28 bits per heavy atom. The fourth-order valence-corrected chi connectivity index (χ4v) is 1.92. The maximum absolute atomic E-state index is 11.2. The fourth-order valence-electron chi connectivity index (χ4n) is 1.92. The molecule has 4 nitrogen and oxygen atoms in total. The Kier molecular flexibility index (Phi) is 2.95. The Morgan fingerprint density at radius 3 is 2.56 bits per heavy atom. The Labute approximate surface area is 106 Å². The molecule has 1 aromatic heterocycles. The van der Waals surface area contributed by atoms with Gasteiger partial charge in [0.15, 0.2) is 0 Å². The SMILES string of the molecule is CC(C)(C)n1cncc1-c1ccccc1C(=O)O. The van der Waals surface area contributed by atoms with Crippen molar-refractivity contribution in [1.29, 1.82) is 0 Å². The first-order valence-corrected chi connectivity index (χ1v) is 5.77. The molecule has 1 aromatic carbocycles. The standard InChI is InChI=1S/C14H16N2O2/c1-14(2,3)16-9-15-8-12(16)10-6-4-5-7-11(10)13(17)18/h4-9H,1-3H3,(H,17,18). The summed E-state index contributed by atoms with van der Waals surface area (Å²) in [5.74, 6) is -0.924. The summed E-state index contributed by atoms with van der Waals surface area (Å²) in [5.41, 5.74) is 1.67. The van der Waals surface area contributed by atoms with E-state index < -0.39 is 5.97 Å². The Bertz CT molecular complexity index is 579. The molecule has 0 aliphatic heterocycles. The van der Waals surface area contributed by atoms with Gasteiger partial charge in [0.25, 0.3) is 0 Å². The highest BCUT2D eigenvalue weighted by atomic mass is 16.4. The molecule has 0 aliphatic carbocycles. The lowest BCUT2D eigenvalue weighted by Gasteiger charge is -2.24. The van der Waals surface area contributed by atoms with Gasteiger partial charge in [-0.1, -0.05) is 18.2 Å². The summed E-state index contributed by atoms with van der Waals surface area (Å²) >= 11 is 0. The van der Waals surface area contributed by atoms with Crippen LogP contribution in [0.25, 0.3) is 11.3 Å². The Hall–Kier alpha value is -2.10. The maximum Gasteiger partial charge on any atom is 0.336 e. The summed E-state index contributed by atoms with van der Waals surface area (Å²) in [6, 6.07) is 6.98. The third-order valence-corrected chi connectivity index (χ3v) is 2.79. The molecule has 0 aliphatic rings.